The molecule has 0 aliphatic rings. The number of nitrogens with one attached hydrogen (secondary N) is 1. The average Bonchev–Trinajstić information content (AvgIpc) is 2.87. The standard InChI is InChI=1S/C15H19N3/c1-3-10-16-15-17-11-12-18(15)14(4-2)13-8-6-5-7-9-13/h3,5-9,11-12,14H,1,4,10H2,2H3,(H,16,17). The molecule has 0 amide bonds. The maximum Gasteiger partial charge on any atom is 0.203 e. The fourth-order valence-corrected chi connectivity index (χ4v) is 2.13. The van der Waals surface area contributed by atoms with Crippen LogP contribution in [-0.2, 0) is 0 Å². The van der Waals surface area contributed by atoms with Crippen molar-refractivity contribution in [1.82, 2.24) is 9.55 Å². The summed E-state index contributed by atoms with van der Waals surface area (Å²) < 4.78 is 2.18. The van der Waals surface area contributed by atoms with Crippen LogP contribution in [0.5, 0.6) is 0 Å². The maximum absolute atomic E-state index is 4.35. The fourth-order valence-electron chi connectivity index (χ4n) is 2.13. The Balaban J connectivity index is 2.28. The molecule has 18 heavy (non-hydrogen) atoms. The number of benzene rings is 1. The summed E-state index contributed by atoms with van der Waals surface area (Å²) in [5, 5.41) is 3.26. The van der Waals surface area contributed by atoms with Crippen LogP contribution in [0.1, 0.15) is 24.9 Å². The van der Waals surface area contributed by atoms with E-state index in [2.05, 4.69) is 52.6 Å². The molecule has 3 nitrogen and oxygen atoms in total. The minimum absolute atomic E-state index is 0.320. The molecule has 0 radical (unpaired) electrons. The smallest absolute Gasteiger partial charge is 0.203 e. The Labute approximate surface area is 108 Å². The van der Waals surface area contributed by atoms with Crippen LogP contribution < -0.4 is 5.32 Å². The second kappa shape index (κ2) is 6.05. The molecule has 0 fully saturated rings. The molecule has 0 aliphatic carbocycles. The highest BCUT2D eigenvalue weighted by molar-refractivity contribution is 5.31. The number of hydrogen-bond donors (Lipinski definition) is 1. The second-order valence-corrected chi connectivity index (χ2v) is 4.16. The summed E-state index contributed by atoms with van der Waals surface area (Å²) >= 11 is 0. The van der Waals surface area contributed by atoms with E-state index in [1.807, 2.05) is 24.5 Å². The van der Waals surface area contributed by atoms with Gasteiger partial charge in [-0.25, -0.2) is 4.98 Å². The van der Waals surface area contributed by atoms with E-state index in [4.69, 9.17) is 0 Å². The highest BCUT2D eigenvalue weighted by Crippen LogP contribution is 2.24. The van der Waals surface area contributed by atoms with Gasteiger partial charge in [0.05, 0.1) is 6.04 Å². The summed E-state index contributed by atoms with van der Waals surface area (Å²) in [6.07, 6.45) is 6.72. The number of imidazole rings is 1. The van der Waals surface area contributed by atoms with Crippen LogP contribution in [-0.4, -0.2) is 16.1 Å². The Morgan fingerprint density at radius 3 is 2.83 bits per heavy atom. The minimum Gasteiger partial charge on any atom is -0.352 e. The number of nitrogens with zero attached hydrogens (tertiary/aromatic N) is 2. The lowest BCUT2D eigenvalue weighted by Crippen LogP contribution is -2.13. The molecular weight excluding hydrogens is 222 g/mol. The molecule has 0 aliphatic heterocycles. The molecule has 2 rings (SSSR count). The molecule has 94 valence electrons. The third kappa shape index (κ3) is 2.62. The third-order valence-electron chi connectivity index (χ3n) is 2.98. The SMILES string of the molecule is C=CCNc1nccn1C(CC)c1ccccc1. The van der Waals surface area contributed by atoms with Gasteiger partial charge in [0, 0.05) is 18.9 Å². The zero-order valence-electron chi connectivity index (χ0n) is 10.7. The van der Waals surface area contributed by atoms with E-state index < -0.39 is 0 Å². The molecular formula is C15H19N3. The fraction of sp³-hybridized carbons (Fsp3) is 0.267. The summed E-state index contributed by atoms with van der Waals surface area (Å²) in [7, 11) is 0. The monoisotopic (exact) mass is 241 g/mol. The first-order chi connectivity index (χ1) is 8.86. The molecule has 1 unspecified atom stereocenters. The predicted octanol–water partition coefficient (Wildman–Crippen LogP) is 3.48. The number of anilines is 1. The first-order valence-electron chi connectivity index (χ1n) is 6.29. The maximum atomic E-state index is 4.35. The van der Waals surface area contributed by atoms with Crippen LogP contribution in [0.2, 0.25) is 0 Å². The van der Waals surface area contributed by atoms with Crippen LogP contribution in [0, 0.1) is 0 Å². The van der Waals surface area contributed by atoms with Gasteiger partial charge in [-0.05, 0) is 12.0 Å². The number of hydrogen-bond acceptors (Lipinski definition) is 2. The van der Waals surface area contributed by atoms with Gasteiger partial charge in [0.2, 0.25) is 5.95 Å². The molecule has 2 aromatic rings. The predicted molar refractivity (Wildman–Crippen MR) is 75.8 cm³/mol. The van der Waals surface area contributed by atoms with E-state index in [1.165, 1.54) is 5.56 Å². The summed E-state index contributed by atoms with van der Waals surface area (Å²) in [6, 6.07) is 10.8. The third-order valence-corrected chi connectivity index (χ3v) is 2.98. The Kier molecular flexibility index (Phi) is 4.18. The van der Waals surface area contributed by atoms with Crippen LogP contribution in [0.15, 0.2) is 55.4 Å². The van der Waals surface area contributed by atoms with Gasteiger partial charge in [-0.2, -0.15) is 0 Å². The molecule has 0 spiro atoms. The molecule has 0 saturated carbocycles. The molecule has 1 heterocycles. The van der Waals surface area contributed by atoms with Crippen molar-refractivity contribution in [1.29, 1.82) is 0 Å². The summed E-state index contributed by atoms with van der Waals surface area (Å²) in [5.74, 6) is 0.894. The van der Waals surface area contributed by atoms with Crippen LogP contribution >= 0.6 is 0 Å². The van der Waals surface area contributed by atoms with E-state index in [1.54, 1.807) is 0 Å². The first kappa shape index (κ1) is 12.4. The van der Waals surface area contributed by atoms with Crippen molar-refractivity contribution in [2.45, 2.75) is 19.4 Å². The van der Waals surface area contributed by atoms with E-state index in [0.29, 0.717) is 6.04 Å². The normalized spacial score (nSPS) is 12.1. The van der Waals surface area contributed by atoms with Gasteiger partial charge in [-0.3, -0.25) is 0 Å². The van der Waals surface area contributed by atoms with Crippen LogP contribution in [0.25, 0.3) is 0 Å². The number of aromatic nitrogens is 2. The molecule has 1 aromatic heterocycles. The molecule has 1 N–H and O–H groups in total. The zero-order chi connectivity index (χ0) is 12.8. The highest BCUT2D eigenvalue weighted by atomic mass is 15.2. The van der Waals surface area contributed by atoms with Gasteiger partial charge in [0.25, 0.3) is 0 Å². The zero-order valence-corrected chi connectivity index (χ0v) is 10.7. The van der Waals surface area contributed by atoms with E-state index >= 15 is 0 Å². The van der Waals surface area contributed by atoms with Gasteiger partial charge in [0.15, 0.2) is 0 Å². The number of rotatable bonds is 6. The molecule has 0 saturated heterocycles. The van der Waals surface area contributed by atoms with Gasteiger partial charge in [-0.15, -0.1) is 6.58 Å². The van der Waals surface area contributed by atoms with E-state index in [0.717, 1.165) is 18.9 Å². The van der Waals surface area contributed by atoms with Crippen molar-refractivity contribution in [2.24, 2.45) is 0 Å². The van der Waals surface area contributed by atoms with Crippen molar-refractivity contribution in [2.75, 3.05) is 11.9 Å². The molecule has 1 atom stereocenters. The topological polar surface area (TPSA) is 29.9 Å². The Bertz CT molecular complexity index is 487. The summed E-state index contributed by atoms with van der Waals surface area (Å²) in [4.78, 5) is 4.35. The summed E-state index contributed by atoms with van der Waals surface area (Å²) in [6.45, 7) is 6.63. The first-order valence-corrected chi connectivity index (χ1v) is 6.29. The van der Waals surface area contributed by atoms with Gasteiger partial charge < -0.3 is 9.88 Å². The van der Waals surface area contributed by atoms with Crippen molar-refractivity contribution in [3.8, 4) is 0 Å². The van der Waals surface area contributed by atoms with Gasteiger partial charge in [-0.1, -0.05) is 43.3 Å². The van der Waals surface area contributed by atoms with E-state index in [-0.39, 0.29) is 0 Å². The van der Waals surface area contributed by atoms with Crippen molar-refractivity contribution in [3.63, 3.8) is 0 Å². The summed E-state index contributed by atoms with van der Waals surface area (Å²) in [5.41, 5.74) is 1.31. The van der Waals surface area contributed by atoms with Gasteiger partial charge in [0.1, 0.15) is 0 Å². The van der Waals surface area contributed by atoms with E-state index in [9.17, 15) is 0 Å². The Morgan fingerprint density at radius 1 is 1.39 bits per heavy atom. The largest absolute Gasteiger partial charge is 0.352 e. The lowest BCUT2D eigenvalue weighted by Gasteiger charge is -2.20. The van der Waals surface area contributed by atoms with Crippen LogP contribution in [0.3, 0.4) is 0 Å². The highest BCUT2D eigenvalue weighted by Gasteiger charge is 2.14. The van der Waals surface area contributed by atoms with Crippen molar-refractivity contribution in [3.05, 3.63) is 60.9 Å². The molecule has 1 aromatic carbocycles. The lowest BCUT2D eigenvalue weighted by molar-refractivity contribution is 0.572. The van der Waals surface area contributed by atoms with Crippen molar-refractivity contribution < 1.29 is 0 Å². The lowest BCUT2D eigenvalue weighted by atomic mass is 10.0. The van der Waals surface area contributed by atoms with Crippen LogP contribution in [0.4, 0.5) is 5.95 Å². The van der Waals surface area contributed by atoms with Crippen molar-refractivity contribution >= 4 is 5.95 Å². The molecule has 3 heteroatoms. The average molecular weight is 241 g/mol. The van der Waals surface area contributed by atoms with Gasteiger partial charge >= 0.3 is 0 Å². The minimum atomic E-state index is 0.320. The quantitative estimate of drug-likeness (QED) is 0.785. The molecule has 0 bridgehead atoms. The Morgan fingerprint density at radius 2 is 2.17 bits per heavy atom. The Hall–Kier alpha value is -2.03. The second-order valence-electron chi connectivity index (χ2n) is 4.16.